The van der Waals surface area contributed by atoms with Crippen molar-refractivity contribution >= 4 is 17.5 Å². The summed E-state index contributed by atoms with van der Waals surface area (Å²) in [5, 5.41) is 13.0. The highest BCUT2D eigenvalue weighted by molar-refractivity contribution is 7.98. The number of thioether (sulfide) groups is 1. The zero-order valence-electron chi connectivity index (χ0n) is 15.7. The molecule has 0 fully saturated rings. The van der Waals surface area contributed by atoms with Crippen LogP contribution in [0.4, 0.5) is 0 Å². The number of nitrogens with zero attached hydrogens (tertiary/aromatic N) is 1. The SMILES string of the molecule is COc1cc2c(c(OC)c1OC)-c1ccc(SC)c(=O)cc1/C(=N/O)CC2. The molecule has 6 nitrogen and oxygen atoms in total. The third kappa shape index (κ3) is 3.23. The van der Waals surface area contributed by atoms with Gasteiger partial charge in [0.25, 0.3) is 0 Å². The van der Waals surface area contributed by atoms with Crippen molar-refractivity contribution in [2.75, 3.05) is 27.6 Å². The maximum Gasteiger partial charge on any atom is 0.203 e. The number of benzene rings is 1. The predicted molar refractivity (Wildman–Crippen MR) is 106 cm³/mol. The minimum Gasteiger partial charge on any atom is -0.493 e. The number of aryl methyl sites for hydroxylation is 1. The van der Waals surface area contributed by atoms with Crippen LogP contribution in [0.2, 0.25) is 0 Å². The Balaban J connectivity index is 2.48. The van der Waals surface area contributed by atoms with Gasteiger partial charge in [0.15, 0.2) is 16.9 Å². The molecule has 2 aromatic rings. The molecule has 0 atom stereocenters. The summed E-state index contributed by atoms with van der Waals surface area (Å²) < 4.78 is 16.7. The summed E-state index contributed by atoms with van der Waals surface area (Å²) in [4.78, 5) is 13.2. The van der Waals surface area contributed by atoms with E-state index in [9.17, 15) is 10.0 Å². The minimum atomic E-state index is -0.118. The average Bonchev–Trinajstić information content (AvgIpc) is 2.94. The molecule has 27 heavy (non-hydrogen) atoms. The standard InChI is InChI=1S/C20H21NO5S/c1-24-16-9-11-5-7-14(21-23)13-10-15(22)17(27-4)8-6-12(13)18(11)20(26-3)19(16)25-2/h6,8-10,23H,5,7H2,1-4H3/b21-14+. The van der Waals surface area contributed by atoms with Crippen LogP contribution in [0.1, 0.15) is 17.5 Å². The molecule has 1 N–H and O–H groups in total. The number of rotatable bonds is 4. The van der Waals surface area contributed by atoms with E-state index in [1.807, 2.05) is 18.4 Å². The van der Waals surface area contributed by atoms with Gasteiger partial charge in [-0.25, -0.2) is 0 Å². The lowest BCUT2D eigenvalue weighted by molar-refractivity contribution is 0.318. The van der Waals surface area contributed by atoms with Crippen LogP contribution < -0.4 is 19.6 Å². The van der Waals surface area contributed by atoms with E-state index in [-0.39, 0.29) is 5.43 Å². The van der Waals surface area contributed by atoms with Crippen LogP contribution in [-0.4, -0.2) is 38.5 Å². The number of fused-ring (bicyclic) bond motifs is 3. The molecule has 1 aliphatic rings. The maximum atomic E-state index is 12.6. The molecule has 7 heteroatoms. The molecule has 0 saturated carbocycles. The van der Waals surface area contributed by atoms with Crippen LogP contribution in [0.25, 0.3) is 11.1 Å². The van der Waals surface area contributed by atoms with Crippen LogP contribution in [0.5, 0.6) is 17.2 Å². The third-order valence-electron chi connectivity index (χ3n) is 4.67. The fourth-order valence-corrected chi connectivity index (χ4v) is 3.89. The van der Waals surface area contributed by atoms with Crippen LogP contribution in [0.3, 0.4) is 0 Å². The van der Waals surface area contributed by atoms with E-state index in [1.165, 1.54) is 17.8 Å². The summed E-state index contributed by atoms with van der Waals surface area (Å²) in [7, 11) is 4.69. The molecular formula is C20H21NO5S. The second-order valence-corrected chi connectivity index (χ2v) is 6.81. The molecule has 0 saturated heterocycles. The molecule has 0 bridgehead atoms. The Kier molecular flexibility index (Phi) is 5.60. The summed E-state index contributed by atoms with van der Waals surface area (Å²) in [5.74, 6) is 1.57. The molecular weight excluding hydrogens is 366 g/mol. The van der Waals surface area contributed by atoms with E-state index < -0.39 is 0 Å². The van der Waals surface area contributed by atoms with Crippen LogP contribution in [-0.2, 0) is 6.42 Å². The lowest BCUT2D eigenvalue weighted by atomic mass is 9.96. The molecule has 0 amide bonds. The first-order chi connectivity index (χ1) is 13.1. The Bertz CT molecular complexity index is 971. The van der Waals surface area contributed by atoms with Gasteiger partial charge in [-0.3, -0.25) is 4.79 Å². The van der Waals surface area contributed by atoms with Gasteiger partial charge in [-0.05, 0) is 48.4 Å². The first kappa shape index (κ1) is 19.1. The quantitative estimate of drug-likeness (QED) is 0.491. The van der Waals surface area contributed by atoms with Crippen molar-refractivity contribution in [2.24, 2.45) is 5.16 Å². The minimum absolute atomic E-state index is 0.118. The summed E-state index contributed by atoms with van der Waals surface area (Å²) in [6.07, 6.45) is 2.94. The Labute approximate surface area is 161 Å². The Morgan fingerprint density at radius 3 is 2.33 bits per heavy atom. The largest absolute Gasteiger partial charge is 0.493 e. The zero-order valence-corrected chi connectivity index (χ0v) is 16.5. The Hall–Kier alpha value is -2.67. The molecule has 2 aromatic carbocycles. The van der Waals surface area contributed by atoms with E-state index in [1.54, 1.807) is 27.4 Å². The smallest absolute Gasteiger partial charge is 0.203 e. The lowest BCUT2D eigenvalue weighted by Gasteiger charge is -2.19. The molecule has 0 unspecified atom stereocenters. The molecule has 0 aliphatic heterocycles. The highest BCUT2D eigenvalue weighted by Crippen LogP contribution is 2.48. The van der Waals surface area contributed by atoms with E-state index in [0.717, 1.165) is 16.7 Å². The number of hydrogen-bond acceptors (Lipinski definition) is 7. The number of methoxy groups -OCH3 is 3. The van der Waals surface area contributed by atoms with E-state index in [0.29, 0.717) is 46.3 Å². The van der Waals surface area contributed by atoms with Crippen molar-refractivity contribution in [3.8, 4) is 28.4 Å². The van der Waals surface area contributed by atoms with E-state index in [2.05, 4.69) is 5.16 Å². The first-order valence-corrected chi connectivity index (χ1v) is 9.57. The van der Waals surface area contributed by atoms with Gasteiger partial charge >= 0.3 is 0 Å². The average molecular weight is 387 g/mol. The molecule has 142 valence electrons. The van der Waals surface area contributed by atoms with Crippen LogP contribution >= 0.6 is 11.8 Å². The van der Waals surface area contributed by atoms with Gasteiger partial charge in [-0.1, -0.05) is 11.2 Å². The second-order valence-electron chi connectivity index (χ2n) is 5.96. The van der Waals surface area contributed by atoms with Gasteiger partial charge in [0.05, 0.1) is 31.9 Å². The summed E-state index contributed by atoms with van der Waals surface area (Å²) in [6.45, 7) is 0. The van der Waals surface area contributed by atoms with Crippen molar-refractivity contribution < 1.29 is 19.4 Å². The fraction of sp³-hybridized carbons (Fsp3) is 0.300. The van der Waals surface area contributed by atoms with Crippen LogP contribution in [0.15, 0.2) is 39.1 Å². The van der Waals surface area contributed by atoms with Gasteiger partial charge in [-0.2, -0.15) is 0 Å². The van der Waals surface area contributed by atoms with Gasteiger partial charge in [0.1, 0.15) is 0 Å². The first-order valence-electron chi connectivity index (χ1n) is 8.35. The molecule has 0 heterocycles. The lowest BCUT2D eigenvalue weighted by Crippen LogP contribution is -2.05. The number of oxime groups is 1. The van der Waals surface area contributed by atoms with Gasteiger partial charge in [0, 0.05) is 11.1 Å². The van der Waals surface area contributed by atoms with E-state index >= 15 is 0 Å². The molecule has 0 aromatic heterocycles. The van der Waals surface area contributed by atoms with Crippen LogP contribution in [0, 0.1) is 0 Å². The molecule has 1 aliphatic carbocycles. The number of hydrogen-bond donors (Lipinski definition) is 1. The molecule has 0 radical (unpaired) electrons. The fourth-order valence-electron chi connectivity index (χ4n) is 3.43. The molecule has 0 spiro atoms. The van der Waals surface area contributed by atoms with Gasteiger partial charge < -0.3 is 19.4 Å². The summed E-state index contributed by atoms with van der Waals surface area (Å²) in [6, 6.07) is 7.08. The predicted octanol–water partition coefficient (Wildman–Crippen LogP) is 3.59. The van der Waals surface area contributed by atoms with Crippen molar-refractivity contribution in [3.63, 3.8) is 0 Å². The topological polar surface area (TPSA) is 77.4 Å². The van der Waals surface area contributed by atoms with Crippen molar-refractivity contribution in [1.29, 1.82) is 0 Å². The maximum absolute atomic E-state index is 12.6. The van der Waals surface area contributed by atoms with Gasteiger partial charge in [-0.15, -0.1) is 11.8 Å². The van der Waals surface area contributed by atoms with Crippen molar-refractivity contribution in [2.45, 2.75) is 17.7 Å². The Morgan fingerprint density at radius 1 is 1.00 bits per heavy atom. The van der Waals surface area contributed by atoms with Crippen molar-refractivity contribution in [1.82, 2.24) is 0 Å². The zero-order chi connectivity index (χ0) is 19.6. The molecule has 3 rings (SSSR count). The number of ether oxygens (including phenoxy) is 3. The van der Waals surface area contributed by atoms with E-state index in [4.69, 9.17) is 14.2 Å². The van der Waals surface area contributed by atoms with Gasteiger partial charge in [0.2, 0.25) is 5.75 Å². The highest BCUT2D eigenvalue weighted by atomic mass is 32.2. The monoisotopic (exact) mass is 387 g/mol. The summed E-state index contributed by atoms with van der Waals surface area (Å²) in [5.41, 5.74) is 3.46. The highest BCUT2D eigenvalue weighted by Gasteiger charge is 2.27. The normalized spacial score (nSPS) is 14.1. The Morgan fingerprint density at radius 2 is 1.74 bits per heavy atom. The van der Waals surface area contributed by atoms with Crippen molar-refractivity contribution in [3.05, 3.63) is 45.6 Å². The third-order valence-corrected chi connectivity index (χ3v) is 5.45. The summed E-state index contributed by atoms with van der Waals surface area (Å²) >= 11 is 1.38. The second kappa shape index (κ2) is 7.92.